The molecule has 2 aromatic rings. The summed E-state index contributed by atoms with van der Waals surface area (Å²) in [6.45, 7) is 7.97. The molecule has 0 spiro atoms. The Hall–Kier alpha value is -4.86. The number of carbonyl (C=O) groups is 5. The number of amides is 1. The van der Waals surface area contributed by atoms with Gasteiger partial charge in [0.25, 0.3) is 15.9 Å². The summed E-state index contributed by atoms with van der Waals surface area (Å²) in [6, 6.07) is 15.5. The van der Waals surface area contributed by atoms with Crippen LogP contribution in [0.2, 0.25) is 0 Å². The lowest BCUT2D eigenvalue weighted by Crippen LogP contribution is -2.47. The van der Waals surface area contributed by atoms with Crippen molar-refractivity contribution in [3.8, 4) is 0 Å². The van der Waals surface area contributed by atoms with E-state index in [2.05, 4.69) is 16.7 Å². The largest absolute Gasteiger partial charge is 0.478 e. The number of likely N-dealkylation sites (N-methyl/N-ethyl adjacent to an activating group) is 1. The Balaban J connectivity index is 0.000000365. The highest BCUT2D eigenvalue weighted by molar-refractivity contribution is 7.90. The van der Waals surface area contributed by atoms with Crippen LogP contribution in [0.4, 0.5) is 0 Å². The molecule has 0 radical (unpaired) electrons. The Labute approximate surface area is 260 Å². The van der Waals surface area contributed by atoms with E-state index in [9.17, 15) is 32.4 Å². The van der Waals surface area contributed by atoms with Gasteiger partial charge in [0.05, 0.1) is 11.6 Å². The van der Waals surface area contributed by atoms with Gasteiger partial charge in [-0.3, -0.25) is 4.79 Å². The lowest BCUT2D eigenvalue weighted by Gasteiger charge is -2.35. The number of piperazine rings is 1. The van der Waals surface area contributed by atoms with Gasteiger partial charge in [-0.2, -0.15) is 0 Å². The predicted molar refractivity (Wildman–Crippen MR) is 161 cm³/mol. The summed E-state index contributed by atoms with van der Waals surface area (Å²) >= 11 is 0. The van der Waals surface area contributed by atoms with Gasteiger partial charge in [-0.1, -0.05) is 49.4 Å². The summed E-state index contributed by atoms with van der Waals surface area (Å²) in [5.74, 6) is -5.45. The molecule has 1 amide bonds. The van der Waals surface area contributed by atoms with Crippen LogP contribution >= 0.6 is 0 Å². The highest BCUT2D eigenvalue weighted by Gasteiger charge is 2.45. The minimum absolute atomic E-state index is 0.113. The van der Waals surface area contributed by atoms with Crippen molar-refractivity contribution in [1.82, 2.24) is 14.1 Å². The molecule has 1 saturated heterocycles. The number of hydrogen-bond donors (Lipinski definition) is 4. The maximum absolute atomic E-state index is 13.2. The summed E-state index contributed by atoms with van der Waals surface area (Å²) < 4.78 is 27.6. The van der Waals surface area contributed by atoms with Crippen molar-refractivity contribution in [2.45, 2.75) is 24.3 Å². The number of hydrogen-bond acceptors (Lipinski definition) is 9. The Bertz CT molecular complexity index is 1450. The second-order valence-electron chi connectivity index (χ2n) is 9.61. The molecule has 2 aromatic carbocycles. The second-order valence-corrected chi connectivity index (χ2v) is 11.4. The Morgan fingerprint density at radius 2 is 1.18 bits per heavy atom. The molecule has 0 bridgehead atoms. The zero-order valence-electron chi connectivity index (χ0n) is 24.4. The molecule has 0 aliphatic carbocycles. The molecule has 1 unspecified atom stereocenters. The van der Waals surface area contributed by atoms with E-state index in [4.69, 9.17) is 20.4 Å². The summed E-state index contributed by atoms with van der Waals surface area (Å²) in [5, 5.41) is 31.2. The number of aliphatic carboxylic acids is 4. The number of sulfonamides is 1. The molecule has 0 saturated carbocycles. The highest BCUT2D eigenvalue weighted by Crippen LogP contribution is 2.38. The quantitative estimate of drug-likeness (QED) is 0.273. The van der Waals surface area contributed by atoms with E-state index in [1.54, 1.807) is 18.2 Å². The maximum atomic E-state index is 13.2. The monoisotopic (exact) mass is 645 g/mol. The molecule has 2 aliphatic heterocycles. The van der Waals surface area contributed by atoms with Gasteiger partial charge in [0.15, 0.2) is 0 Å². The van der Waals surface area contributed by atoms with Crippen LogP contribution in [-0.2, 0) is 29.2 Å². The molecule has 14 nitrogen and oxygen atoms in total. The SMILES string of the molecule is CCN1CCN(CCC(c2ccccc2)N2C(=O)c3ccccc3S2(=O)=O)CC1.O=C(O)C=CC(=O)O.O=C(O)C=CC(=O)O. The molecule has 1 atom stereocenters. The van der Waals surface area contributed by atoms with E-state index in [1.807, 2.05) is 30.3 Å². The van der Waals surface area contributed by atoms with Gasteiger partial charge in [0.1, 0.15) is 4.90 Å². The smallest absolute Gasteiger partial charge is 0.328 e. The first-order valence-corrected chi connectivity index (χ1v) is 15.2. The number of benzene rings is 2. The summed E-state index contributed by atoms with van der Waals surface area (Å²) in [6.07, 6.45) is 2.81. The maximum Gasteiger partial charge on any atom is 0.328 e. The van der Waals surface area contributed by atoms with Gasteiger partial charge in [0, 0.05) is 57.0 Å². The molecule has 2 heterocycles. The summed E-state index contributed by atoms with van der Waals surface area (Å²) in [5.41, 5.74) is 1.12. The van der Waals surface area contributed by atoms with Crippen LogP contribution < -0.4 is 0 Å². The lowest BCUT2D eigenvalue weighted by molar-refractivity contribution is -0.134. The Morgan fingerprint density at radius 3 is 1.62 bits per heavy atom. The third-order valence-electron chi connectivity index (χ3n) is 6.69. The van der Waals surface area contributed by atoms with Crippen molar-refractivity contribution >= 4 is 39.8 Å². The van der Waals surface area contributed by atoms with Crippen molar-refractivity contribution in [3.63, 3.8) is 0 Å². The number of rotatable bonds is 10. The zero-order valence-corrected chi connectivity index (χ0v) is 25.2. The van der Waals surface area contributed by atoms with Crippen LogP contribution in [-0.4, -0.2) is 112 Å². The normalized spacial score (nSPS) is 16.6. The van der Waals surface area contributed by atoms with Gasteiger partial charge in [-0.25, -0.2) is 31.9 Å². The zero-order chi connectivity index (χ0) is 33.6. The minimum atomic E-state index is -3.85. The Morgan fingerprint density at radius 1 is 0.733 bits per heavy atom. The minimum Gasteiger partial charge on any atom is -0.478 e. The van der Waals surface area contributed by atoms with Crippen molar-refractivity contribution in [2.75, 3.05) is 39.3 Å². The summed E-state index contributed by atoms with van der Waals surface area (Å²) in [7, 11) is -3.85. The van der Waals surface area contributed by atoms with Gasteiger partial charge >= 0.3 is 23.9 Å². The van der Waals surface area contributed by atoms with Gasteiger partial charge in [0.2, 0.25) is 0 Å². The van der Waals surface area contributed by atoms with E-state index >= 15 is 0 Å². The molecule has 45 heavy (non-hydrogen) atoms. The van der Waals surface area contributed by atoms with Gasteiger partial charge in [-0.05, 0) is 30.7 Å². The fraction of sp³-hybridized carbons (Fsp3) is 0.300. The molecule has 2 aliphatic rings. The van der Waals surface area contributed by atoms with Crippen LogP contribution in [0.5, 0.6) is 0 Å². The molecule has 1 fully saturated rings. The second kappa shape index (κ2) is 17.4. The van der Waals surface area contributed by atoms with E-state index in [-0.39, 0.29) is 10.5 Å². The van der Waals surface area contributed by atoms with Crippen LogP contribution in [0, 0.1) is 0 Å². The number of nitrogens with zero attached hydrogens (tertiary/aromatic N) is 3. The first kappa shape index (κ1) is 36.3. The van der Waals surface area contributed by atoms with E-state index < -0.39 is 45.8 Å². The lowest BCUT2D eigenvalue weighted by atomic mass is 10.0. The first-order chi connectivity index (χ1) is 21.3. The van der Waals surface area contributed by atoms with Crippen molar-refractivity contribution in [1.29, 1.82) is 0 Å². The number of carbonyl (C=O) groups excluding carboxylic acids is 1. The molecular formula is C30H35N3O11S. The van der Waals surface area contributed by atoms with Crippen LogP contribution in [0.3, 0.4) is 0 Å². The fourth-order valence-corrected chi connectivity index (χ4v) is 6.30. The fourth-order valence-electron chi connectivity index (χ4n) is 4.52. The predicted octanol–water partition coefficient (Wildman–Crippen LogP) is 2.02. The topological polar surface area (TPSA) is 210 Å². The number of fused-ring (bicyclic) bond motifs is 1. The first-order valence-electron chi connectivity index (χ1n) is 13.7. The average molecular weight is 646 g/mol. The van der Waals surface area contributed by atoms with E-state index in [0.29, 0.717) is 30.7 Å². The van der Waals surface area contributed by atoms with E-state index in [0.717, 1.165) is 49.1 Å². The van der Waals surface area contributed by atoms with Crippen LogP contribution in [0.15, 0.2) is 83.8 Å². The van der Waals surface area contributed by atoms with Gasteiger partial charge < -0.3 is 30.2 Å². The standard InChI is InChI=1S/C22H27N3O3S.2C4H4O4/c1-2-23-14-16-24(17-15-23)13-12-20(18-8-4-3-5-9-18)25-22(26)19-10-6-7-11-21(19)29(25,27)28;2*5-3(6)1-2-4(7)8/h3-11,20H,2,12-17H2,1H3;2*1-2H,(H,5,6)(H,7,8). The van der Waals surface area contributed by atoms with Crippen molar-refractivity contribution in [3.05, 3.63) is 90.0 Å². The molecule has 242 valence electrons. The van der Waals surface area contributed by atoms with Gasteiger partial charge in [-0.15, -0.1) is 0 Å². The highest BCUT2D eigenvalue weighted by atomic mass is 32.2. The van der Waals surface area contributed by atoms with Crippen molar-refractivity contribution in [2.24, 2.45) is 0 Å². The summed E-state index contributed by atoms with van der Waals surface area (Å²) in [4.78, 5) is 56.2. The van der Waals surface area contributed by atoms with E-state index in [1.165, 1.54) is 6.07 Å². The number of carboxylic acids is 4. The van der Waals surface area contributed by atoms with Crippen molar-refractivity contribution < 1.29 is 52.8 Å². The molecular weight excluding hydrogens is 610 g/mol. The third kappa shape index (κ3) is 11.3. The average Bonchev–Trinajstić information content (AvgIpc) is 3.21. The van der Waals surface area contributed by atoms with Crippen LogP contribution in [0.25, 0.3) is 0 Å². The molecule has 0 aromatic heterocycles. The third-order valence-corrected chi connectivity index (χ3v) is 8.54. The van der Waals surface area contributed by atoms with Crippen LogP contribution in [0.1, 0.15) is 35.3 Å². The Kier molecular flexibility index (Phi) is 14.1. The molecule has 4 rings (SSSR count). The number of carboxylic acid groups (broad SMARTS) is 4. The molecule has 4 N–H and O–H groups in total. The molecule has 15 heteroatoms.